The minimum Gasteiger partial charge on any atom is -0.359 e. The Kier molecular flexibility index (Phi) is 2.68. The van der Waals surface area contributed by atoms with Gasteiger partial charge in [-0.25, -0.2) is 0 Å². The lowest BCUT2D eigenvalue weighted by Crippen LogP contribution is -2.31. The van der Waals surface area contributed by atoms with Crippen LogP contribution in [0.3, 0.4) is 0 Å². The summed E-state index contributed by atoms with van der Waals surface area (Å²) in [5.41, 5.74) is 0. The molecule has 1 aliphatic heterocycles. The normalized spacial score (nSPS) is 22.5. The predicted octanol–water partition coefficient (Wildman–Crippen LogP) is -0.399. The van der Waals surface area contributed by atoms with E-state index < -0.39 is 0 Å². The number of hydrogen-bond donors (Lipinski definition) is 1. The van der Waals surface area contributed by atoms with Crippen molar-refractivity contribution in [1.29, 1.82) is 0 Å². The van der Waals surface area contributed by atoms with Crippen LogP contribution in [0, 0.1) is 5.92 Å². The van der Waals surface area contributed by atoms with E-state index in [1.165, 1.54) is 6.92 Å². The molecule has 0 radical (unpaired) electrons. The Morgan fingerprint density at radius 2 is 2.17 bits per heavy atom. The fraction of sp³-hybridized carbons (Fsp3) is 0.750. The molecule has 0 spiro atoms. The molecule has 0 aliphatic carbocycles. The molecule has 0 bridgehead atoms. The van der Waals surface area contributed by atoms with Gasteiger partial charge in [0.25, 0.3) is 0 Å². The number of carbonyl (C=O) groups excluding carboxylic acids is 2. The molecule has 1 atom stereocenters. The van der Waals surface area contributed by atoms with Gasteiger partial charge in [-0.1, -0.05) is 0 Å². The van der Waals surface area contributed by atoms with Crippen LogP contribution in [0.15, 0.2) is 0 Å². The summed E-state index contributed by atoms with van der Waals surface area (Å²) < 4.78 is 0. The Balaban J connectivity index is 2.45. The number of nitrogens with one attached hydrogen (secondary N) is 1. The van der Waals surface area contributed by atoms with Crippen molar-refractivity contribution in [2.45, 2.75) is 13.3 Å². The number of likely N-dealkylation sites (tertiary alicyclic amines) is 1. The molecule has 12 heavy (non-hydrogen) atoms. The van der Waals surface area contributed by atoms with E-state index in [0.717, 1.165) is 6.42 Å². The average Bonchev–Trinajstić information content (AvgIpc) is 2.51. The van der Waals surface area contributed by atoms with Crippen molar-refractivity contribution in [3.63, 3.8) is 0 Å². The summed E-state index contributed by atoms with van der Waals surface area (Å²) in [6.07, 6.45) is 0.791. The summed E-state index contributed by atoms with van der Waals surface area (Å²) in [4.78, 5) is 23.7. The van der Waals surface area contributed by atoms with Crippen molar-refractivity contribution in [2.75, 3.05) is 20.1 Å². The first kappa shape index (κ1) is 9.03. The van der Waals surface area contributed by atoms with Crippen molar-refractivity contribution in [2.24, 2.45) is 5.92 Å². The standard InChI is InChI=1S/C8H14N2O2/c1-6(11)10-4-3-7(5-10)8(12)9-2/h7H,3-5H2,1-2H3,(H,9,12)/t7-/m0/s1. The molecular formula is C8H14N2O2. The Morgan fingerprint density at radius 1 is 1.50 bits per heavy atom. The number of nitrogens with zero attached hydrogens (tertiary/aromatic N) is 1. The average molecular weight is 170 g/mol. The van der Waals surface area contributed by atoms with Gasteiger partial charge in [-0.3, -0.25) is 9.59 Å². The van der Waals surface area contributed by atoms with Crippen LogP contribution in [0.5, 0.6) is 0 Å². The highest BCUT2D eigenvalue weighted by atomic mass is 16.2. The number of rotatable bonds is 1. The molecule has 1 fully saturated rings. The monoisotopic (exact) mass is 170 g/mol. The van der Waals surface area contributed by atoms with E-state index in [2.05, 4.69) is 5.32 Å². The van der Waals surface area contributed by atoms with Crippen LogP contribution in [0.25, 0.3) is 0 Å². The smallest absolute Gasteiger partial charge is 0.224 e. The molecule has 0 aromatic rings. The van der Waals surface area contributed by atoms with E-state index in [1.807, 2.05) is 0 Å². The van der Waals surface area contributed by atoms with Gasteiger partial charge in [-0.05, 0) is 6.42 Å². The molecule has 1 N–H and O–H groups in total. The van der Waals surface area contributed by atoms with Gasteiger partial charge < -0.3 is 10.2 Å². The Bertz CT molecular complexity index is 203. The summed E-state index contributed by atoms with van der Waals surface area (Å²) in [7, 11) is 1.62. The lowest BCUT2D eigenvalue weighted by Gasteiger charge is -2.12. The maximum atomic E-state index is 11.1. The van der Waals surface area contributed by atoms with Crippen LogP contribution in [-0.4, -0.2) is 36.9 Å². The van der Waals surface area contributed by atoms with Gasteiger partial charge in [-0.2, -0.15) is 0 Å². The largest absolute Gasteiger partial charge is 0.359 e. The van der Waals surface area contributed by atoms with E-state index in [-0.39, 0.29) is 17.7 Å². The molecule has 1 aliphatic rings. The van der Waals surface area contributed by atoms with Gasteiger partial charge >= 0.3 is 0 Å². The summed E-state index contributed by atoms with van der Waals surface area (Å²) >= 11 is 0. The van der Waals surface area contributed by atoms with E-state index >= 15 is 0 Å². The highest BCUT2D eigenvalue weighted by Crippen LogP contribution is 2.15. The minimum atomic E-state index is -0.00102. The molecule has 0 aromatic heterocycles. The first-order chi connectivity index (χ1) is 5.65. The quantitative estimate of drug-likeness (QED) is 0.582. The van der Waals surface area contributed by atoms with Crippen molar-refractivity contribution in [3.05, 3.63) is 0 Å². The Morgan fingerprint density at radius 3 is 2.58 bits per heavy atom. The molecule has 4 nitrogen and oxygen atoms in total. The maximum absolute atomic E-state index is 11.1. The van der Waals surface area contributed by atoms with Crippen LogP contribution in [0.2, 0.25) is 0 Å². The van der Waals surface area contributed by atoms with Crippen LogP contribution in [0.1, 0.15) is 13.3 Å². The number of amides is 2. The zero-order valence-corrected chi connectivity index (χ0v) is 7.46. The van der Waals surface area contributed by atoms with E-state index in [1.54, 1.807) is 11.9 Å². The van der Waals surface area contributed by atoms with Crippen molar-refractivity contribution in [3.8, 4) is 0 Å². The molecule has 0 aromatic carbocycles. The van der Waals surface area contributed by atoms with Crippen LogP contribution in [-0.2, 0) is 9.59 Å². The van der Waals surface area contributed by atoms with Gasteiger partial charge in [0.1, 0.15) is 0 Å². The summed E-state index contributed by atoms with van der Waals surface area (Å²) in [5, 5.41) is 2.59. The third kappa shape index (κ3) is 1.75. The highest BCUT2D eigenvalue weighted by Gasteiger charge is 2.28. The predicted molar refractivity (Wildman–Crippen MR) is 44.4 cm³/mol. The Labute approximate surface area is 71.9 Å². The fourth-order valence-electron chi connectivity index (χ4n) is 1.46. The fourth-order valence-corrected chi connectivity index (χ4v) is 1.46. The minimum absolute atomic E-state index is 0.00102. The molecule has 2 amide bonds. The first-order valence-electron chi connectivity index (χ1n) is 4.12. The molecular weight excluding hydrogens is 156 g/mol. The topological polar surface area (TPSA) is 49.4 Å². The summed E-state index contributed by atoms with van der Waals surface area (Å²) in [5.74, 6) is 0.0963. The van der Waals surface area contributed by atoms with E-state index in [0.29, 0.717) is 13.1 Å². The molecule has 0 unspecified atom stereocenters. The molecule has 1 heterocycles. The van der Waals surface area contributed by atoms with Crippen molar-refractivity contribution < 1.29 is 9.59 Å². The zero-order valence-electron chi connectivity index (χ0n) is 7.46. The molecule has 4 heteroatoms. The van der Waals surface area contributed by atoms with Gasteiger partial charge in [0.05, 0.1) is 5.92 Å². The third-order valence-electron chi connectivity index (χ3n) is 2.25. The number of carbonyl (C=O) groups is 2. The molecule has 68 valence electrons. The second kappa shape index (κ2) is 3.56. The van der Waals surface area contributed by atoms with E-state index in [9.17, 15) is 9.59 Å². The maximum Gasteiger partial charge on any atom is 0.224 e. The third-order valence-corrected chi connectivity index (χ3v) is 2.25. The van der Waals surface area contributed by atoms with Crippen LogP contribution < -0.4 is 5.32 Å². The Hall–Kier alpha value is -1.06. The van der Waals surface area contributed by atoms with E-state index in [4.69, 9.17) is 0 Å². The van der Waals surface area contributed by atoms with Gasteiger partial charge in [-0.15, -0.1) is 0 Å². The molecule has 0 saturated carbocycles. The van der Waals surface area contributed by atoms with Crippen LogP contribution >= 0.6 is 0 Å². The molecule has 1 rings (SSSR count). The van der Waals surface area contributed by atoms with Crippen molar-refractivity contribution in [1.82, 2.24) is 10.2 Å². The number of hydrogen-bond acceptors (Lipinski definition) is 2. The highest BCUT2D eigenvalue weighted by molar-refractivity contribution is 5.81. The van der Waals surface area contributed by atoms with Crippen molar-refractivity contribution >= 4 is 11.8 Å². The van der Waals surface area contributed by atoms with Crippen LogP contribution in [0.4, 0.5) is 0 Å². The lowest BCUT2D eigenvalue weighted by molar-refractivity contribution is -0.128. The first-order valence-corrected chi connectivity index (χ1v) is 4.12. The summed E-state index contributed by atoms with van der Waals surface area (Å²) in [6, 6.07) is 0. The zero-order chi connectivity index (χ0) is 9.14. The second-order valence-electron chi connectivity index (χ2n) is 3.06. The SMILES string of the molecule is CNC(=O)[C@H]1CCN(C(C)=O)C1. The lowest BCUT2D eigenvalue weighted by atomic mass is 10.1. The second-order valence-corrected chi connectivity index (χ2v) is 3.06. The van der Waals surface area contributed by atoms with Gasteiger partial charge in [0.15, 0.2) is 0 Å². The van der Waals surface area contributed by atoms with Gasteiger partial charge in [0, 0.05) is 27.1 Å². The van der Waals surface area contributed by atoms with Gasteiger partial charge in [0.2, 0.25) is 11.8 Å². The molecule has 1 saturated heterocycles. The summed E-state index contributed by atoms with van der Waals surface area (Å²) in [6.45, 7) is 2.83.